The van der Waals surface area contributed by atoms with Crippen molar-refractivity contribution in [3.8, 4) is 23.0 Å². The number of benzene rings is 11. The molecule has 0 radical (unpaired) electrons. The van der Waals surface area contributed by atoms with E-state index >= 15 is 0 Å². The van der Waals surface area contributed by atoms with Crippen molar-refractivity contribution in [1.29, 1.82) is 0 Å². The smallest absolute Gasteiger partial charge is 0.249 e. The number of anilines is 6. The molecule has 4 aliphatic heterocycles. The van der Waals surface area contributed by atoms with Crippen molar-refractivity contribution in [3.63, 3.8) is 0 Å². The maximum Gasteiger partial charge on any atom is 0.249 e. The molecular formula is C62H38B2N2O2S2. The van der Waals surface area contributed by atoms with E-state index in [-0.39, 0.29) is 13.4 Å². The van der Waals surface area contributed by atoms with Crippen molar-refractivity contribution in [2.24, 2.45) is 0 Å². The van der Waals surface area contributed by atoms with E-state index in [1.54, 1.807) is 0 Å². The Bertz CT molecular complexity index is 3700. The molecular weight excluding hydrogens is 890 g/mol. The van der Waals surface area contributed by atoms with Gasteiger partial charge in [-0.3, -0.25) is 0 Å². The molecule has 0 unspecified atom stereocenters. The van der Waals surface area contributed by atoms with E-state index in [2.05, 4.69) is 240 Å². The fourth-order valence-electron chi connectivity index (χ4n) is 11.5. The first-order valence-corrected chi connectivity index (χ1v) is 25.4. The SMILES string of the molecule is c1ccc(N2c3cc4c(cc3B3c5ccccc5Sc5cc(Oc6cccc7ccccc67)cc2c53)B2c3ccccc3Sc3cc(Oc5cccc6ccccc56)cc(c32)N4c2ccccc2)cc1. The molecule has 11 aromatic carbocycles. The van der Waals surface area contributed by atoms with Crippen LogP contribution in [0.2, 0.25) is 0 Å². The Kier molecular flexibility index (Phi) is 8.98. The number of rotatable bonds is 6. The lowest BCUT2D eigenvalue weighted by molar-refractivity contribution is 0.487. The zero-order valence-electron chi connectivity index (χ0n) is 37.6. The van der Waals surface area contributed by atoms with Crippen LogP contribution in [0.25, 0.3) is 21.5 Å². The summed E-state index contributed by atoms with van der Waals surface area (Å²) in [6, 6.07) is 83.4. The first-order chi connectivity index (χ1) is 34.7. The van der Waals surface area contributed by atoms with Gasteiger partial charge in [-0.1, -0.05) is 186 Å². The zero-order valence-corrected chi connectivity index (χ0v) is 39.3. The maximum atomic E-state index is 7.02. The minimum absolute atomic E-state index is 0.0231. The van der Waals surface area contributed by atoms with Gasteiger partial charge in [-0.15, -0.1) is 0 Å². The van der Waals surface area contributed by atoms with E-state index in [4.69, 9.17) is 9.47 Å². The molecule has 4 nitrogen and oxygen atoms in total. The molecule has 0 amide bonds. The van der Waals surface area contributed by atoms with Crippen LogP contribution in [0.4, 0.5) is 34.1 Å². The molecule has 0 atom stereocenters. The minimum atomic E-state index is -0.0231. The molecule has 4 heterocycles. The van der Waals surface area contributed by atoms with Gasteiger partial charge in [0.25, 0.3) is 0 Å². The van der Waals surface area contributed by atoms with Gasteiger partial charge in [0.2, 0.25) is 13.4 Å². The number of hydrogen-bond donors (Lipinski definition) is 0. The highest BCUT2D eigenvalue weighted by Gasteiger charge is 2.46. The van der Waals surface area contributed by atoms with E-state index in [1.165, 1.54) is 52.4 Å². The molecule has 0 aliphatic carbocycles. The molecule has 4 aliphatic rings. The summed E-state index contributed by atoms with van der Waals surface area (Å²) in [7, 11) is 0. The van der Waals surface area contributed by atoms with Crippen molar-refractivity contribution >= 4 is 125 Å². The largest absolute Gasteiger partial charge is 0.457 e. The van der Waals surface area contributed by atoms with Crippen LogP contribution >= 0.6 is 23.5 Å². The Morgan fingerprint density at radius 1 is 0.314 bits per heavy atom. The van der Waals surface area contributed by atoms with Crippen LogP contribution in [0, 0.1) is 0 Å². The van der Waals surface area contributed by atoms with Gasteiger partial charge < -0.3 is 19.3 Å². The van der Waals surface area contributed by atoms with Gasteiger partial charge in [0.05, 0.1) is 0 Å². The summed E-state index contributed by atoms with van der Waals surface area (Å²) in [6.45, 7) is -0.0462. The molecule has 11 aromatic rings. The third kappa shape index (κ3) is 6.16. The lowest BCUT2D eigenvalue weighted by atomic mass is 9.31. The third-order valence-electron chi connectivity index (χ3n) is 14.4. The van der Waals surface area contributed by atoms with Gasteiger partial charge in [-0.05, 0) is 99.4 Å². The third-order valence-corrected chi connectivity index (χ3v) is 16.7. The van der Waals surface area contributed by atoms with Crippen LogP contribution in [0.5, 0.6) is 23.0 Å². The van der Waals surface area contributed by atoms with Crippen LogP contribution in [-0.2, 0) is 0 Å². The Hall–Kier alpha value is -8.03. The first-order valence-electron chi connectivity index (χ1n) is 23.8. The second-order valence-corrected chi connectivity index (χ2v) is 20.5. The number of nitrogens with zero attached hydrogens (tertiary/aromatic N) is 2. The topological polar surface area (TPSA) is 24.9 Å². The molecule has 0 saturated heterocycles. The summed E-state index contributed by atoms with van der Waals surface area (Å²) in [5.74, 6) is 3.29. The molecule has 8 heteroatoms. The number of para-hydroxylation sites is 2. The van der Waals surface area contributed by atoms with Crippen LogP contribution in [0.1, 0.15) is 0 Å². The van der Waals surface area contributed by atoms with Gasteiger partial charge in [0.1, 0.15) is 23.0 Å². The van der Waals surface area contributed by atoms with Crippen molar-refractivity contribution in [2.75, 3.05) is 9.80 Å². The summed E-state index contributed by atoms with van der Waals surface area (Å²) >= 11 is 3.69. The number of ether oxygens (including phenoxy) is 2. The molecule has 0 N–H and O–H groups in total. The molecule has 15 rings (SSSR count). The molecule has 0 aromatic heterocycles. The van der Waals surface area contributed by atoms with E-state index in [1.807, 2.05) is 23.5 Å². The Balaban J connectivity index is 0.995. The highest BCUT2D eigenvalue weighted by molar-refractivity contribution is 8.00. The minimum Gasteiger partial charge on any atom is -0.457 e. The lowest BCUT2D eigenvalue weighted by Crippen LogP contribution is -2.64. The van der Waals surface area contributed by atoms with E-state index in [0.717, 1.165) is 78.7 Å². The summed E-state index contributed by atoms with van der Waals surface area (Å²) in [6.07, 6.45) is 0. The van der Waals surface area contributed by atoms with Crippen molar-refractivity contribution < 1.29 is 9.47 Å². The highest BCUT2D eigenvalue weighted by atomic mass is 32.2. The maximum absolute atomic E-state index is 7.02. The van der Waals surface area contributed by atoms with Crippen molar-refractivity contribution in [3.05, 3.63) is 231 Å². The summed E-state index contributed by atoms with van der Waals surface area (Å²) in [4.78, 5) is 9.92. The predicted octanol–water partition coefficient (Wildman–Crippen LogP) is 13.1. The molecule has 0 spiro atoms. The summed E-state index contributed by atoms with van der Waals surface area (Å²) < 4.78 is 14.0. The monoisotopic (exact) mass is 928 g/mol. The van der Waals surface area contributed by atoms with Gasteiger partial charge in [0, 0.05) is 76.6 Å². The van der Waals surface area contributed by atoms with Gasteiger partial charge in [0.15, 0.2) is 0 Å². The Labute approximate surface area is 415 Å². The normalized spacial score (nSPS) is 13.5. The lowest BCUT2D eigenvalue weighted by Gasteiger charge is -2.44. The second kappa shape index (κ2) is 15.8. The van der Waals surface area contributed by atoms with Gasteiger partial charge in [-0.2, -0.15) is 0 Å². The first kappa shape index (κ1) is 39.9. The molecule has 0 bridgehead atoms. The highest BCUT2D eigenvalue weighted by Crippen LogP contribution is 2.49. The number of fused-ring (bicyclic) bond motifs is 10. The van der Waals surface area contributed by atoms with Crippen LogP contribution in [0.3, 0.4) is 0 Å². The summed E-state index contributed by atoms with van der Waals surface area (Å²) in [5.41, 5.74) is 14.5. The fourth-order valence-corrected chi connectivity index (χ4v) is 13.9. The quantitative estimate of drug-likeness (QED) is 0.154. The van der Waals surface area contributed by atoms with E-state index < -0.39 is 0 Å². The molecule has 0 saturated carbocycles. The molecule has 70 heavy (non-hydrogen) atoms. The van der Waals surface area contributed by atoms with E-state index in [9.17, 15) is 0 Å². The summed E-state index contributed by atoms with van der Waals surface area (Å²) in [5, 5.41) is 4.47. The van der Waals surface area contributed by atoms with Crippen molar-refractivity contribution in [2.45, 2.75) is 19.6 Å². The Morgan fingerprint density at radius 3 is 1.21 bits per heavy atom. The van der Waals surface area contributed by atoms with Crippen LogP contribution in [-0.4, -0.2) is 13.4 Å². The van der Waals surface area contributed by atoms with Crippen LogP contribution < -0.4 is 52.1 Å². The van der Waals surface area contributed by atoms with Crippen LogP contribution in [0.15, 0.2) is 250 Å². The van der Waals surface area contributed by atoms with Gasteiger partial charge >= 0.3 is 0 Å². The second-order valence-electron chi connectivity index (χ2n) is 18.3. The molecule has 0 fully saturated rings. The number of hydrogen-bond acceptors (Lipinski definition) is 6. The molecule has 326 valence electrons. The van der Waals surface area contributed by atoms with E-state index in [0.29, 0.717) is 0 Å². The zero-order chi connectivity index (χ0) is 45.9. The van der Waals surface area contributed by atoms with Gasteiger partial charge in [-0.25, -0.2) is 0 Å². The average molecular weight is 929 g/mol. The van der Waals surface area contributed by atoms with Crippen molar-refractivity contribution in [1.82, 2.24) is 0 Å². The average Bonchev–Trinajstić information content (AvgIpc) is 3.41. The fraction of sp³-hybridized carbons (Fsp3) is 0. The Morgan fingerprint density at radius 2 is 0.729 bits per heavy atom. The standard InChI is InChI=1S/C62H38B2N2O2S2/c1-3-21-41(22-4-1)65-51-38-52-50(37-49(51)63-47-27-11-13-31-57(47)69-59-35-43(33-53(65)61(59)63)67-55-29-15-19-39-17-7-9-25-45(39)55)64-48-28-12-14-32-58(48)70-60-36-44(68-56-30-16-20-40-18-8-10-26-46(40)56)34-54(62(60)64)66(52)42-23-5-2-6-24-42/h1-38H. The predicted molar refractivity (Wildman–Crippen MR) is 294 cm³/mol.